The molecule has 0 unspecified atom stereocenters. The lowest BCUT2D eigenvalue weighted by atomic mass is 10.4. The van der Waals surface area contributed by atoms with E-state index in [0.717, 1.165) is 0 Å². The van der Waals surface area contributed by atoms with Crippen LogP contribution in [0.1, 0.15) is 13.8 Å². The average molecular weight is 238 g/mol. The van der Waals surface area contributed by atoms with Crippen molar-refractivity contribution in [2.45, 2.75) is 13.8 Å². The molecule has 1 rings (SSSR count). The predicted molar refractivity (Wildman–Crippen MR) is 67.0 cm³/mol. The number of nitrogens with one attached hydrogen (secondary N) is 2. The van der Waals surface area contributed by atoms with Crippen LogP contribution in [0.5, 0.6) is 5.88 Å². The van der Waals surface area contributed by atoms with Crippen molar-refractivity contribution < 1.29 is 9.53 Å². The van der Waals surface area contributed by atoms with E-state index in [4.69, 9.17) is 10.5 Å². The van der Waals surface area contributed by atoms with Crippen molar-refractivity contribution in [3.63, 3.8) is 0 Å². The maximum Gasteiger partial charge on any atom is 0.239 e. The molecule has 94 valence electrons. The van der Waals surface area contributed by atoms with Crippen LogP contribution < -0.4 is 21.1 Å². The van der Waals surface area contributed by atoms with Crippen LogP contribution in [-0.4, -0.2) is 30.6 Å². The zero-order valence-corrected chi connectivity index (χ0v) is 10.1. The lowest BCUT2D eigenvalue weighted by molar-refractivity contribution is -0.119. The molecule has 0 radical (unpaired) electrons. The second-order valence-electron chi connectivity index (χ2n) is 3.33. The Morgan fingerprint density at radius 3 is 2.88 bits per heavy atom. The molecule has 0 atom stereocenters. The van der Waals surface area contributed by atoms with E-state index in [-0.39, 0.29) is 12.5 Å². The third-order valence-electron chi connectivity index (χ3n) is 1.97. The SMILES string of the molecule is CCNC(=O)CNc1ccc(N)c(OCC)n1. The highest BCUT2D eigenvalue weighted by molar-refractivity contribution is 5.80. The van der Waals surface area contributed by atoms with Crippen molar-refractivity contribution in [3.05, 3.63) is 12.1 Å². The number of hydrogen-bond acceptors (Lipinski definition) is 5. The molecule has 6 nitrogen and oxygen atoms in total. The summed E-state index contributed by atoms with van der Waals surface area (Å²) in [4.78, 5) is 15.4. The molecule has 0 aliphatic heterocycles. The Labute approximate surface area is 101 Å². The monoisotopic (exact) mass is 238 g/mol. The zero-order chi connectivity index (χ0) is 12.7. The summed E-state index contributed by atoms with van der Waals surface area (Å²) in [5.74, 6) is 0.867. The van der Waals surface area contributed by atoms with E-state index in [0.29, 0.717) is 30.5 Å². The Balaban J connectivity index is 2.59. The standard InChI is InChI=1S/C11H18N4O2/c1-3-13-10(16)7-14-9-6-5-8(12)11(15-9)17-4-2/h5-6H,3-4,7,12H2,1-2H3,(H,13,16)(H,14,15). The number of nitrogens with zero attached hydrogens (tertiary/aromatic N) is 1. The Kier molecular flexibility index (Phi) is 5.06. The molecule has 6 heteroatoms. The van der Waals surface area contributed by atoms with Gasteiger partial charge in [0.15, 0.2) is 0 Å². The molecular weight excluding hydrogens is 220 g/mol. The molecule has 0 fully saturated rings. The summed E-state index contributed by atoms with van der Waals surface area (Å²) in [5.41, 5.74) is 6.17. The molecule has 0 aromatic carbocycles. The van der Waals surface area contributed by atoms with Crippen molar-refractivity contribution in [1.29, 1.82) is 0 Å². The van der Waals surface area contributed by atoms with Gasteiger partial charge in [-0.3, -0.25) is 4.79 Å². The van der Waals surface area contributed by atoms with Crippen molar-refractivity contribution >= 4 is 17.4 Å². The fraction of sp³-hybridized carbons (Fsp3) is 0.455. The van der Waals surface area contributed by atoms with E-state index >= 15 is 0 Å². The van der Waals surface area contributed by atoms with Crippen LogP contribution >= 0.6 is 0 Å². The maximum atomic E-state index is 11.2. The molecule has 0 aliphatic rings. The molecule has 1 amide bonds. The third kappa shape index (κ3) is 4.18. The number of carbonyl (C=O) groups excluding carboxylic acids is 1. The average Bonchev–Trinajstić information content (AvgIpc) is 2.31. The quantitative estimate of drug-likeness (QED) is 0.675. The number of likely N-dealkylation sites (N-methyl/N-ethyl adjacent to an activating group) is 1. The highest BCUT2D eigenvalue weighted by Gasteiger charge is 2.05. The first-order chi connectivity index (χ1) is 8.17. The zero-order valence-electron chi connectivity index (χ0n) is 10.1. The number of nitrogens with two attached hydrogens (primary N) is 1. The fourth-order valence-electron chi connectivity index (χ4n) is 1.23. The van der Waals surface area contributed by atoms with Gasteiger partial charge in [-0.15, -0.1) is 0 Å². The molecule has 1 aromatic heterocycles. The van der Waals surface area contributed by atoms with Gasteiger partial charge in [0.25, 0.3) is 0 Å². The highest BCUT2D eigenvalue weighted by atomic mass is 16.5. The lowest BCUT2D eigenvalue weighted by Crippen LogP contribution is -2.29. The first-order valence-electron chi connectivity index (χ1n) is 5.57. The van der Waals surface area contributed by atoms with Gasteiger partial charge in [-0.1, -0.05) is 0 Å². The van der Waals surface area contributed by atoms with Gasteiger partial charge in [0.1, 0.15) is 5.82 Å². The van der Waals surface area contributed by atoms with Gasteiger partial charge in [0.05, 0.1) is 18.8 Å². The lowest BCUT2D eigenvalue weighted by Gasteiger charge is -2.09. The molecular formula is C11H18N4O2. The summed E-state index contributed by atoms with van der Waals surface area (Å²) in [7, 11) is 0. The number of aromatic nitrogens is 1. The minimum absolute atomic E-state index is 0.0796. The minimum atomic E-state index is -0.0796. The van der Waals surface area contributed by atoms with E-state index in [2.05, 4.69) is 15.6 Å². The summed E-state index contributed by atoms with van der Waals surface area (Å²) in [6.07, 6.45) is 0. The van der Waals surface area contributed by atoms with Crippen molar-refractivity contribution in [1.82, 2.24) is 10.3 Å². The number of carbonyl (C=O) groups is 1. The summed E-state index contributed by atoms with van der Waals surface area (Å²) in [6.45, 7) is 5.01. The molecule has 17 heavy (non-hydrogen) atoms. The summed E-state index contributed by atoms with van der Waals surface area (Å²) in [5, 5.41) is 5.58. The molecule has 4 N–H and O–H groups in total. The van der Waals surface area contributed by atoms with Crippen LogP contribution in [-0.2, 0) is 4.79 Å². The Morgan fingerprint density at radius 2 is 2.24 bits per heavy atom. The van der Waals surface area contributed by atoms with E-state index < -0.39 is 0 Å². The number of ether oxygens (including phenoxy) is 1. The van der Waals surface area contributed by atoms with Crippen molar-refractivity contribution in [2.75, 3.05) is 30.7 Å². The van der Waals surface area contributed by atoms with Gasteiger partial charge in [-0.05, 0) is 26.0 Å². The Morgan fingerprint density at radius 1 is 1.47 bits per heavy atom. The number of rotatable bonds is 6. The highest BCUT2D eigenvalue weighted by Crippen LogP contribution is 2.20. The van der Waals surface area contributed by atoms with Crippen LogP contribution in [0.15, 0.2) is 12.1 Å². The minimum Gasteiger partial charge on any atom is -0.476 e. The Hall–Kier alpha value is -1.98. The van der Waals surface area contributed by atoms with Gasteiger partial charge < -0.3 is 21.1 Å². The van der Waals surface area contributed by atoms with Crippen LogP contribution in [0.4, 0.5) is 11.5 Å². The predicted octanol–water partition coefficient (Wildman–Crippen LogP) is 0.610. The van der Waals surface area contributed by atoms with E-state index in [9.17, 15) is 4.79 Å². The summed E-state index contributed by atoms with van der Waals surface area (Å²) >= 11 is 0. The normalized spacial score (nSPS) is 9.76. The second kappa shape index (κ2) is 6.57. The van der Waals surface area contributed by atoms with Gasteiger partial charge in [0.2, 0.25) is 11.8 Å². The summed E-state index contributed by atoms with van der Waals surface area (Å²) < 4.78 is 5.25. The number of anilines is 2. The van der Waals surface area contributed by atoms with Crippen molar-refractivity contribution in [2.24, 2.45) is 0 Å². The number of amides is 1. The first kappa shape index (κ1) is 13.1. The van der Waals surface area contributed by atoms with Gasteiger partial charge in [-0.2, -0.15) is 4.98 Å². The van der Waals surface area contributed by atoms with Crippen LogP contribution in [0.25, 0.3) is 0 Å². The van der Waals surface area contributed by atoms with Gasteiger partial charge in [-0.25, -0.2) is 0 Å². The number of hydrogen-bond donors (Lipinski definition) is 3. The largest absolute Gasteiger partial charge is 0.476 e. The molecule has 0 aliphatic carbocycles. The molecule has 0 spiro atoms. The molecule has 0 saturated heterocycles. The summed E-state index contributed by atoms with van der Waals surface area (Å²) in [6, 6.07) is 3.40. The number of pyridine rings is 1. The van der Waals surface area contributed by atoms with Crippen LogP contribution in [0.2, 0.25) is 0 Å². The fourth-order valence-corrected chi connectivity index (χ4v) is 1.23. The molecule has 1 aromatic rings. The third-order valence-corrected chi connectivity index (χ3v) is 1.97. The second-order valence-corrected chi connectivity index (χ2v) is 3.33. The van der Waals surface area contributed by atoms with Crippen molar-refractivity contribution in [3.8, 4) is 5.88 Å². The van der Waals surface area contributed by atoms with E-state index in [1.165, 1.54) is 0 Å². The first-order valence-corrected chi connectivity index (χ1v) is 5.57. The van der Waals surface area contributed by atoms with Crippen LogP contribution in [0.3, 0.4) is 0 Å². The topological polar surface area (TPSA) is 89.3 Å². The molecule has 0 bridgehead atoms. The number of nitrogen functional groups attached to an aromatic ring is 1. The van der Waals surface area contributed by atoms with Gasteiger partial charge in [0, 0.05) is 6.54 Å². The van der Waals surface area contributed by atoms with Gasteiger partial charge >= 0.3 is 0 Å². The van der Waals surface area contributed by atoms with E-state index in [1.807, 2.05) is 13.8 Å². The Bertz CT molecular complexity index is 382. The molecule has 0 saturated carbocycles. The molecule has 1 heterocycles. The van der Waals surface area contributed by atoms with E-state index in [1.54, 1.807) is 12.1 Å². The maximum absolute atomic E-state index is 11.2. The smallest absolute Gasteiger partial charge is 0.239 e. The van der Waals surface area contributed by atoms with Crippen LogP contribution in [0, 0.1) is 0 Å².